The van der Waals surface area contributed by atoms with Crippen molar-refractivity contribution in [3.8, 4) is 5.75 Å². The zero-order valence-corrected chi connectivity index (χ0v) is 14.7. The van der Waals surface area contributed by atoms with E-state index in [1.165, 1.54) is 0 Å². The first-order valence-electron chi connectivity index (χ1n) is 7.95. The van der Waals surface area contributed by atoms with Gasteiger partial charge in [-0.3, -0.25) is 9.59 Å². The van der Waals surface area contributed by atoms with Crippen LogP contribution >= 0.6 is 11.8 Å². The van der Waals surface area contributed by atoms with Crippen LogP contribution in [0.5, 0.6) is 5.75 Å². The Hall–Kier alpha value is -2.54. The summed E-state index contributed by atoms with van der Waals surface area (Å²) in [6, 6.07) is 13.4. The molecule has 1 saturated heterocycles. The summed E-state index contributed by atoms with van der Waals surface area (Å²) in [5.41, 5.74) is 0.974. The normalized spacial score (nSPS) is 14.0. The van der Waals surface area contributed by atoms with Crippen LogP contribution in [0.15, 0.2) is 48.7 Å². The molecule has 1 aromatic heterocycles. The van der Waals surface area contributed by atoms with Gasteiger partial charge in [-0.05, 0) is 29.8 Å². The molecule has 0 radical (unpaired) electrons. The first-order valence-corrected chi connectivity index (χ1v) is 8.77. The Labute approximate surface area is 150 Å². The van der Waals surface area contributed by atoms with Crippen molar-refractivity contribution in [3.63, 3.8) is 0 Å². The maximum absolute atomic E-state index is 11.6. The van der Waals surface area contributed by atoms with Crippen LogP contribution in [0.2, 0.25) is 0 Å². The molecular weight excluding hydrogens is 338 g/mol. The molecular formula is C18H19N3O3S. The lowest BCUT2D eigenvalue weighted by atomic mass is 10.2. The van der Waals surface area contributed by atoms with Crippen LogP contribution in [-0.2, 0) is 11.3 Å². The summed E-state index contributed by atoms with van der Waals surface area (Å²) >= 11 is 0.776. The monoisotopic (exact) mass is 357 g/mol. The fraction of sp³-hybridized carbons (Fsp3) is 0.278. The third-order valence-electron chi connectivity index (χ3n) is 3.81. The zero-order chi connectivity index (χ0) is 17.6. The first kappa shape index (κ1) is 17.3. The van der Waals surface area contributed by atoms with Crippen LogP contribution in [0, 0.1) is 0 Å². The highest BCUT2D eigenvalue weighted by molar-refractivity contribution is 8.26. The number of carbonyl (C=O) groups is 2. The van der Waals surface area contributed by atoms with E-state index in [9.17, 15) is 9.59 Å². The van der Waals surface area contributed by atoms with E-state index in [2.05, 4.69) is 4.98 Å². The van der Waals surface area contributed by atoms with Crippen molar-refractivity contribution < 1.29 is 14.3 Å². The number of pyridine rings is 1. The number of thioether (sulfide) groups is 1. The maximum Gasteiger partial charge on any atom is 0.290 e. The Balaban J connectivity index is 1.46. The van der Waals surface area contributed by atoms with Gasteiger partial charge in [-0.1, -0.05) is 18.2 Å². The second kappa shape index (κ2) is 8.02. The van der Waals surface area contributed by atoms with Gasteiger partial charge in [-0.25, -0.2) is 4.98 Å². The number of nitrogens with zero attached hydrogens (tertiary/aromatic N) is 3. The summed E-state index contributed by atoms with van der Waals surface area (Å²) in [6.07, 6.45) is 1.77. The molecule has 25 heavy (non-hydrogen) atoms. The molecule has 2 aromatic rings. The SMILES string of the molecule is CN(CCOc1ccc(CN2CC(=O)SC2=O)cc1)c1ccccn1. The van der Waals surface area contributed by atoms with Gasteiger partial charge in [-0.15, -0.1) is 0 Å². The van der Waals surface area contributed by atoms with E-state index in [-0.39, 0.29) is 16.9 Å². The average molecular weight is 357 g/mol. The van der Waals surface area contributed by atoms with Crippen molar-refractivity contribution in [2.24, 2.45) is 0 Å². The lowest BCUT2D eigenvalue weighted by Crippen LogP contribution is -2.24. The average Bonchev–Trinajstić information content (AvgIpc) is 2.94. The molecule has 0 saturated carbocycles. The Kier molecular flexibility index (Phi) is 5.55. The highest BCUT2D eigenvalue weighted by Gasteiger charge is 2.28. The summed E-state index contributed by atoms with van der Waals surface area (Å²) in [4.78, 5) is 30.7. The second-order valence-electron chi connectivity index (χ2n) is 5.70. The Morgan fingerprint density at radius 3 is 2.64 bits per heavy atom. The second-order valence-corrected chi connectivity index (χ2v) is 6.71. The van der Waals surface area contributed by atoms with Gasteiger partial charge in [0.15, 0.2) is 0 Å². The molecule has 3 rings (SSSR count). The number of aromatic nitrogens is 1. The summed E-state index contributed by atoms with van der Waals surface area (Å²) in [5, 5.41) is -0.273. The number of rotatable bonds is 7. The van der Waals surface area contributed by atoms with Gasteiger partial charge in [0.05, 0.1) is 13.1 Å². The molecule has 0 aliphatic carbocycles. The van der Waals surface area contributed by atoms with Crippen LogP contribution in [0.3, 0.4) is 0 Å². The number of anilines is 1. The summed E-state index contributed by atoms with van der Waals surface area (Å²) in [6.45, 7) is 1.89. The molecule has 130 valence electrons. The fourth-order valence-corrected chi connectivity index (χ4v) is 3.11. The van der Waals surface area contributed by atoms with E-state index in [0.717, 1.165) is 35.4 Å². The molecule has 0 unspecified atom stereocenters. The number of likely N-dealkylation sites (N-methyl/N-ethyl adjacent to an activating group) is 1. The molecule has 0 spiro atoms. The molecule has 0 bridgehead atoms. The van der Waals surface area contributed by atoms with Crippen molar-refractivity contribution in [1.82, 2.24) is 9.88 Å². The molecule has 1 aliphatic heterocycles. The van der Waals surface area contributed by atoms with Gasteiger partial charge >= 0.3 is 0 Å². The minimum absolute atomic E-state index is 0.0954. The zero-order valence-electron chi connectivity index (χ0n) is 13.9. The third-order valence-corrected chi connectivity index (χ3v) is 4.60. The number of benzene rings is 1. The molecule has 2 heterocycles. The van der Waals surface area contributed by atoms with E-state index in [1.54, 1.807) is 11.1 Å². The molecule has 6 nitrogen and oxygen atoms in total. The molecule has 1 aliphatic rings. The molecule has 0 atom stereocenters. The van der Waals surface area contributed by atoms with Gasteiger partial charge in [0.2, 0.25) is 5.12 Å². The van der Waals surface area contributed by atoms with Crippen LogP contribution in [0.1, 0.15) is 5.56 Å². The smallest absolute Gasteiger partial charge is 0.290 e. The van der Waals surface area contributed by atoms with Crippen molar-refractivity contribution >= 4 is 27.9 Å². The highest BCUT2D eigenvalue weighted by atomic mass is 32.2. The van der Waals surface area contributed by atoms with E-state index in [1.807, 2.05) is 54.4 Å². The minimum atomic E-state index is -0.178. The van der Waals surface area contributed by atoms with Crippen LogP contribution in [0.4, 0.5) is 10.6 Å². The lowest BCUT2D eigenvalue weighted by Gasteiger charge is -2.18. The van der Waals surface area contributed by atoms with E-state index in [0.29, 0.717) is 13.2 Å². The van der Waals surface area contributed by atoms with E-state index < -0.39 is 0 Å². The highest BCUT2D eigenvalue weighted by Crippen LogP contribution is 2.22. The number of carbonyl (C=O) groups excluding carboxylic acids is 2. The number of ether oxygens (including phenoxy) is 1. The molecule has 0 N–H and O–H groups in total. The standard InChI is InChI=1S/C18H19N3O3S/c1-20(16-4-2-3-9-19-16)10-11-24-15-7-5-14(6-8-15)12-21-13-17(22)25-18(21)23/h2-9H,10-13H2,1H3. The van der Waals surface area contributed by atoms with Gasteiger partial charge in [0, 0.05) is 31.6 Å². The van der Waals surface area contributed by atoms with Crippen LogP contribution in [0.25, 0.3) is 0 Å². The van der Waals surface area contributed by atoms with Crippen molar-refractivity contribution in [1.29, 1.82) is 0 Å². The Morgan fingerprint density at radius 2 is 2.00 bits per heavy atom. The Bertz CT molecular complexity index is 737. The van der Waals surface area contributed by atoms with Crippen LogP contribution < -0.4 is 9.64 Å². The number of amides is 1. The quantitative estimate of drug-likeness (QED) is 0.759. The number of hydrogen-bond donors (Lipinski definition) is 0. The first-order chi connectivity index (χ1) is 12.1. The third kappa shape index (κ3) is 4.73. The fourth-order valence-electron chi connectivity index (χ4n) is 2.44. The van der Waals surface area contributed by atoms with Crippen molar-refractivity contribution in [2.75, 3.05) is 31.6 Å². The summed E-state index contributed by atoms with van der Waals surface area (Å²) in [7, 11) is 1.97. The number of hydrogen-bond acceptors (Lipinski definition) is 6. The Morgan fingerprint density at radius 1 is 1.20 bits per heavy atom. The minimum Gasteiger partial charge on any atom is -0.492 e. The molecule has 7 heteroatoms. The predicted molar refractivity (Wildman–Crippen MR) is 97.8 cm³/mol. The van der Waals surface area contributed by atoms with Crippen LogP contribution in [-0.4, -0.2) is 47.0 Å². The van der Waals surface area contributed by atoms with Gasteiger partial charge in [0.25, 0.3) is 5.24 Å². The van der Waals surface area contributed by atoms with Crippen molar-refractivity contribution in [3.05, 3.63) is 54.2 Å². The van der Waals surface area contributed by atoms with Gasteiger partial charge in [0.1, 0.15) is 18.2 Å². The maximum atomic E-state index is 11.6. The molecule has 1 amide bonds. The summed E-state index contributed by atoms with van der Waals surface area (Å²) in [5.74, 6) is 1.68. The molecule has 1 aromatic carbocycles. The lowest BCUT2D eigenvalue weighted by molar-refractivity contribution is -0.110. The van der Waals surface area contributed by atoms with Gasteiger partial charge < -0.3 is 14.5 Å². The topological polar surface area (TPSA) is 62.7 Å². The van der Waals surface area contributed by atoms with Gasteiger partial charge in [-0.2, -0.15) is 0 Å². The van der Waals surface area contributed by atoms with E-state index >= 15 is 0 Å². The summed E-state index contributed by atoms with van der Waals surface area (Å²) < 4.78 is 5.75. The molecule has 1 fully saturated rings. The largest absolute Gasteiger partial charge is 0.492 e. The van der Waals surface area contributed by atoms with Crippen molar-refractivity contribution in [2.45, 2.75) is 6.54 Å². The van der Waals surface area contributed by atoms with E-state index in [4.69, 9.17) is 4.74 Å². The predicted octanol–water partition coefficient (Wildman–Crippen LogP) is 2.79.